The minimum atomic E-state index is -0.889. The van der Waals surface area contributed by atoms with E-state index in [0.29, 0.717) is 25.1 Å². The molecule has 27 heavy (non-hydrogen) atoms. The summed E-state index contributed by atoms with van der Waals surface area (Å²) in [5, 5.41) is 0. The molecule has 0 bridgehead atoms. The number of benzene rings is 1. The number of Topliss-reactive ketones (excluding diaryl/α,β-unsaturated/α-hetero) is 1. The van der Waals surface area contributed by atoms with E-state index in [1.165, 1.54) is 6.33 Å². The van der Waals surface area contributed by atoms with Gasteiger partial charge in [-0.2, -0.15) is 0 Å². The van der Waals surface area contributed by atoms with Crippen molar-refractivity contribution in [1.29, 1.82) is 0 Å². The molecule has 4 rings (SSSR count). The van der Waals surface area contributed by atoms with Crippen molar-refractivity contribution in [2.45, 2.75) is 12.8 Å². The fourth-order valence-electron chi connectivity index (χ4n) is 4.19. The van der Waals surface area contributed by atoms with Gasteiger partial charge in [0, 0.05) is 18.4 Å². The Morgan fingerprint density at radius 2 is 1.81 bits per heavy atom. The van der Waals surface area contributed by atoms with E-state index in [1.54, 1.807) is 17.3 Å². The third-order valence-electron chi connectivity index (χ3n) is 5.62. The first-order valence-electron chi connectivity index (χ1n) is 9.00. The molecule has 2 amide bonds. The van der Waals surface area contributed by atoms with E-state index in [4.69, 9.17) is 5.73 Å². The molecule has 2 aliphatic rings. The Labute approximate surface area is 156 Å². The van der Waals surface area contributed by atoms with E-state index in [1.807, 2.05) is 30.3 Å². The van der Waals surface area contributed by atoms with E-state index < -0.39 is 11.7 Å². The molecule has 1 aromatic carbocycles. The quantitative estimate of drug-likeness (QED) is 0.769. The Hall–Kier alpha value is -3.09. The molecule has 1 aliphatic heterocycles. The Kier molecular flexibility index (Phi) is 4.43. The van der Waals surface area contributed by atoms with Crippen LogP contribution >= 0.6 is 0 Å². The minimum absolute atomic E-state index is 0.00814. The van der Waals surface area contributed by atoms with E-state index in [2.05, 4.69) is 9.97 Å². The number of hydrogen-bond acceptors (Lipinski definition) is 5. The van der Waals surface area contributed by atoms with Crippen LogP contribution < -0.4 is 10.6 Å². The third kappa shape index (κ3) is 3.32. The predicted molar refractivity (Wildman–Crippen MR) is 97.3 cm³/mol. The molecule has 2 heterocycles. The standard InChI is InChI=1S/C20H20N4O3/c21-19(26)18(25)15-7-14(15)17-10-24(13-8-22-11-23-9-13)20(27)16(17)6-12-4-2-1-3-5-12/h1-5,8-9,11,14-17H,6-7,10H2,(H2,21,26)/t14?,15?,16-,17-/m0/s1. The molecule has 138 valence electrons. The van der Waals surface area contributed by atoms with Gasteiger partial charge in [-0.25, -0.2) is 9.97 Å². The first-order valence-corrected chi connectivity index (χ1v) is 9.00. The van der Waals surface area contributed by atoms with Crippen LogP contribution in [0.15, 0.2) is 49.1 Å². The fourth-order valence-corrected chi connectivity index (χ4v) is 4.19. The van der Waals surface area contributed by atoms with E-state index in [9.17, 15) is 14.4 Å². The summed E-state index contributed by atoms with van der Waals surface area (Å²) in [7, 11) is 0. The topological polar surface area (TPSA) is 106 Å². The number of rotatable bonds is 6. The van der Waals surface area contributed by atoms with Crippen LogP contribution in [0.5, 0.6) is 0 Å². The molecule has 2 N–H and O–H groups in total. The number of carbonyl (C=O) groups excluding carboxylic acids is 3. The number of nitrogens with two attached hydrogens (primary N) is 1. The lowest BCUT2D eigenvalue weighted by atomic mass is 9.85. The Morgan fingerprint density at radius 3 is 2.48 bits per heavy atom. The van der Waals surface area contributed by atoms with Crippen molar-refractivity contribution in [3.8, 4) is 0 Å². The van der Waals surface area contributed by atoms with Crippen LogP contribution in [0.2, 0.25) is 0 Å². The van der Waals surface area contributed by atoms with Gasteiger partial charge in [0.15, 0.2) is 0 Å². The molecule has 1 aromatic heterocycles. The van der Waals surface area contributed by atoms with Gasteiger partial charge in [-0.05, 0) is 30.2 Å². The summed E-state index contributed by atoms with van der Waals surface area (Å²) in [5.74, 6) is -2.00. The average Bonchev–Trinajstić information content (AvgIpc) is 3.42. The molecule has 4 atom stereocenters. The van der Waals surface area contributed by atoms with Crippen molar-refractivity contribution in [2.24, 2.45) is 29.4 Å². The summed E-state index contributed by atoms with van der Waals surface area (Å²) in [5.41, 5.74) is 6.89. The number of nitrogens with zero attached hydrogens (tertiary/aromatic N) is 3. The number of primary amides is 1. The second kappa shape index (κ2) is 6.90. The lowest BCUT2D eigenvalue weighted by Crippen LogP contribution is -2.28. The van der Waals surface area contributed by atoms with Crippen LogP contribution in [0.1, 0.15) is 12.0 Å². The van der Waals surface area contributed by atoms with E-state index in [0.717, 1.165) is 5.56 Å². The molecule has 1 saturated heterocycles. The van der Waals surface area contributed by atoms with Crippen LogP contribution in [0, 0.1) is 23.7 Å². The summed E-state index contributed by atoms with van der Waals surface area (Å²) < 4.78 is 0. The van der Waals surface area contributed by atoms with Crippen molar-refractivity contribution in [3.05, 3.63) is 54.6 Å². The van der Waals surface area contributed by atoms with Crippen LogP contribution in [-0.4, -0.2) is 34.1 Å². The second-order valence-electron chi connectivity index (χ2n) is 7.24. The molecule has 0 spiro atoms. The van der Waals surface area contributed by atoms with Crippen LogP contribution in [0.25, 0.3) is 0 Å². The molecule has 2 fully saturated rings. The number of hydrogen-bond donors (Lipinski definition) is 1. The maximum Gasteiger partial charge on any atom is 0.285 e. The van der Waals surface area contributed by atoms with Gasteiger partial charge in [-0.1, -0.05) is 30.3 Å². The highest BCUT2D eigenvalue weighted by Gasteiger charge is 2.55. The van der Waals surface area contributed by atoms with Gasteiger partial charge < -0.3 is 10.6 Å². The van der Waals surface area contributed by atoms with Crippen molar-refractivity contribution in [1.82, 2.24) is 9.97 Å². The molecule has 7 heteroatoms. The van der Waals surface area contributed by atoms with Crippen LogP contribution in [0.4, 0.5) is 5.69 Å². The number of ketones is 1. The molecule has 0 radical (unpaired) electrons. The summed E-state index contributed by atoms with van der Waals surface area (Å²) in [6.45, 7) is 0.497. The van der Waals surface area contributed by atoms with Gasteiger partial charge >= 0.3 is 0 Å². The summed E-state index contributed by atoms with van der Waals surface area (Å²) in [6, 6.07) is 9.83. The largest absolute Gasteiger partial charge is 0.363 e. The van der Waals surface area contributed by atoms with E-state index >= 15 is 0 Å². The molecule has 1 saturated carbocycles. The first kappa shape index (κ1) is 17.3. The van der Waals surface area contributed by atoms with Gasteiger partial charge in [0.05, 0.1) is 18.1 Å². The SMILES string of the molecule is NC(=O)C(=O)C1CC1[C@@H]1CN(c2cncnc2)C(=O)[C@H]1Cc1ccccc1. The Bertz CT molecular complexity index is 871. The molecule has 1 aliphatic carbocycles. The third-order valence-corrected chi connectivity index (χ3v) is 5.62. The number of carbonyl (C=O) groups is 3. The van der Waals surface area contributed by atoms with Gasteiger partial charge in [0.2, 0.25) is 11.7 Å². The molecular formula is C20H20N4O3. The highest BCUT2D eigenvalue weighted by molar-refractivity contribution is 6.37. The lowest BCUT2D eigenvalue weighted by molar-refractivity contribution is -0.137. The summed E-state index contributed by atoms with van der Waals surface area (Å²) >= 11 is 0. The average molecular weight is 364 g/mol. The fraction of sp³-hybridized carbons (Fsp3) is 0.350. The molecule has 2 aromatic rings. The Morgan fingerprint density at radius 1 is 1.11 bits per heavy atom. The van der Waals surface area contributed by atoms with Crippen molar-refractivity contribution >= 4 is 23.3 Å². The van der Waals surface area contributed by atoms with Crippen molar-refractivity contribution in [3.63, 3.8) is 0 Å². The summed E-state index contributed by atoms with van der Waals surface area (Å²) in [6.07, 6.45) is 5.87. The number of amides is 2. The zero-order valence-corrected chi connectivity index (χ0v) is 14.7. The Balaban J connectivity index is 1.60. The van der Waals surface area contributed by atoms with Gasteiger partial charge in [0.1, 0.15) is 6.33 Å². The normalized spacial score (nSPS) is 26.8. The van der Waals surface area contributed by atoms with Crippen LogP contribution in [-0.2, 0) is 20.8 Å². The lowest BCUT2D eigenvalue weighted by Gasteiger charge is -2.16. The van der Waals surface area contributed by atoms with Crippen LogP contribution in [0.3, 0.4) is 0 Å². The maximum atomic E-state index is 13.2. The predicted octanol–water partition coefficient (Wildman–Crippen LogP) is 0.989. The molecule has 7 nitrogen and oxygen atoms in total. The monoisotopic (exact) mass is 364 g/mol. The van der Waals surface area contributed by atoms with Gasteiger partial charge in [0.25, 0.3) is 5.91 Å². The number of anilines is 1. The van der Waals surface area contributed by atoms with Crippen molar-refractivity contribution < 1.29 is 14.4 Å². The summed E-state index contributed by atoms with van der Waals surface area (Å²) in [4.78, 5) is 46.1. The first-order chi connectivity index (χ1) is 13.1. The molecule has 2 unspecified atom stereocenters. The highest BCUT2D eigenvalue weighted by atomic mass is 16.2. The number of aromatic nitrogens is 2. The van der Waals surface area contributed by atoms with Crippen molar-refractivity contribution in [2.75, 3.05) is 11.4 Å². The molecular weight excluding hydrogens is 344 g/mol. The zero-order valence-electron chi connectivity index (χ0n) is 14.7. The zero-order chi connectivity index (χ0) is 19.0. The van der Waals surface area contributed by atoms with Gasteiger partial charge in [-0.3, -0.25) is 14.4 Å². The second-order valence-corrected chi connectivity index (χ2v) is 7.24. The minimum Gasteiger partial charge on any atom is -0.363 e. The maximum absolute atomic E-state index is 13.2. The van der Waals surface area contributed by atoms with Gasteiger partial charge in [-0.15, -0.1) is 0 Å². The smallest absolute Gasteiger partial charge is 0.285 e. The van der Waals surface area contributed by atoms with E-state index in [-0.39, 0.29) is 29.6 Å². The highest BCUT2D eigenvalue weighted by Crippen LogP contribution is 2.51.